The SMILES string of the molecule is COc1cc(-c2ccccc2C)c(Cl)cc1C(=O)N1Cc2ccc(C(=O)N(C)CCCN(C)C)n2Cc2ccccc21. The summed E-state index contributed by atoms with van der Waals surface area (Å²) in [6.07, 6.45) is 0.890. The molecule has 7 nitrogen and oxygen atoms in total. The molecule has 0 atom stereocenters. The van der Waals surface area contributed by atoms with Crippen LogP contribution in [0.3, 0.4) is 0 Å². The smallest absolute Gasteiger partial charge is 0.270 e. The molecule has 42 heavy (non-hydrogen) atoms. The summed E-state index contributed by atoms with van der Waals surface area (Å²) in [5.41, 5.74) is 6.50. The monoisotopic (exact) mass is 584 g/mol. The van der Waals surface area contributed by atoms with Crippen LogP contribution in [0.25, 0.3) is 11.1 Å². The third-order valence-corrected chi connectivity index (χ3v) is 8.18. The maximum absolute atomic E-state index is 14.3. The maximum Gasteiger partial charge on any atom is 0.270 e. The number of carbonyl (C=O) groups is 2. The lowest BCUT2D eigenvalue weighted by atomic mass is 9.98. The molecule has 218 valence electrons. The van der Waals surface area contributed by atoms with Crippen molar-refractivity contribution in [2.75, 3.05) is 46.2 Å². The summed E-state index contributed by atoms with van der Waals surface area (Å²) in [4.78, 5) is 33.4. The van der Waals surface area contributed by atoms with Gasteiger partial charge in [-0.3, -0.25) is 9.59 Å². The van der Waals surface area contributed by atoms with E-state index in [-0.39, 0.29) is 11.8 Å². The third-order valence-electron chi connectivity index (χ3n) is 7.87. The van der Waals surface area contributed by atoms with Crippen LogP contribution in [0.4, 0.5) is 5.69 Å². The molecule has 2 amide bonds. The number of aromatic nitrogens is 1. The van der Waals surface area contributed by atoms with E-state index >= 15 is 0 Å². The Labute approximate surface area is 252 Å². The van der Waals surface area contributed by atoms with Gasteiger partial charge in [-0.05, 0) is 81.0 Å². The summed E-state index contributed by atoms with van der Waals surface area (Å²) in [6, 6.07) is 23.2. The topological polar surface area (TPSA) is 58.0 Å². The van der Waals surface area contributed by atoms with Gasteiger partial charge < -0.3 is 24.0 Å². The highest BCUT2D eigenvalue weighted by molar-refractivity contribution is 6.34. The predicted molar refractivity (Wildman–Crippen MR) is 169 cm³/mol. The second-order valence-electron chi connectivity index (χ2n) is 11.0. The fourth-order valence-electron chi connectivity index (χ4n) is 5.57. The van der Waals surface area contributed by atoms with Crippen molar-refractivity contribution in [1.29, 1.82) is 0 Å². The van der Waals surface area contributed by atoms with Gasteiger partial charge in [-0.1, -0.05) is 54.1 Å². The van der Waals surface area contributed by atoms with Crippen LogP contribution in [-0.2, 0) is 13.1 Å². The molecule has 4 aromatic rings. The first-order valence-electron chi connectivity index (χ1n) is 14.1. The fourth-order valence-corrected chi connectivity index (χ4v) is 5.83. The molecule has 8 heteroatoms. The molecule has 1 aliphatic heterocycles. The van der Waals surface area contributed by atoms with Crippen LogP contribution in [0, 0.1) is 6.92 Å². The van der Waals surface area contributed by atoms with Crippen LogP contribution in [0.15, 0.2) is 72.8 Å². The van der Waals surface area contributed by atoms with E-state index in [2.05, 4.69) is 4.90 Å². The molecule has 0 fully saturated rings. The van der Waals surface area contributed by atoms with Gasteiger partial charge in [0.15, 0.2) is 0 Å². The number of anilines is 1. The van der Waals surface area contributed by atoms with E-state index in [4.69, 9.17) is 16.3 Å². The average molecular weight is 585 g/mol. The average Bonchev–Trinajstić information content (AvgIpc) is 3.29. The highest BCUT2D eigenvalue weighted by atomic mass is 35.5. The molecule has 0 radical (unpaired) electrons. The summed E-state index contributed by atoms with van der Waals surface area (Å²) < 4.78 is 7.78. The van der Waals surface area contributed by atoms with Crippen LogP contribution in [0.5, 0.6) is 5.75 Å². The molecule has 0 saturated heterocycles. The molecule has 3 aromatic carbocycles. The molecule has 2 heterocycles. The van der Waals surface area contributed by atoms with Crippen molar-refractivity contribution in [3.63, 3.8) is 0 Å². The Morgan fingerprint density at radius 2 is 1.64 bits per heavy atom. The minimum atomic E-state index is -0.221. The number of hydrogen-bond donors (Lipinski definition) is 0. The minimum absolute atomic E-state index is 0.0301. The lowest BCUT2D eigenvalue weighted by Crippen LogP contribution is -2.32. The molecule has 1 aromatic heterocycles. The standard InChI is InChI=1S/C34H37ClN4O3/c1-23-11-6-8-13-26(23)27-20-32(42-5)28(19-29(27)35)33(40)39-22-25-15-16-31(34(41)37(4)18-10-17-36(2)3)38(25)21-24-12-7-9-14-30(24)39/h6-9,11-16,19-20H,10,17-18,21-22H2,1-5H3. The van der Waals surface area contributed by atoms with Crippen LogP contribution in [0.1, 0.15) is 44.1 Å². The van der Waals surface area contributed by atoms with Gasteiger partial charge in [0.25, 0.3) is 11.8 Å². The van der Waals surface area contributed by atoms with Crippen LogP contribution in [-0.4, -0.2) is 67.5 Å². The van der Waals surface area contributed by atoms with E-state index in [1.165, 1.54) is 0 Å². The van der Waals surface area contributed by atoms with Gasteiger partial charge in [0.1, 0.15) is 11.4 Å². The van der Waals surface area contributed by atoms with Crippen LogP contribution >= 0.6 is 11.6 Å². The second kappa shape index (κ2) is 12.4. The Bertz CT molecular complexity index is 1630. The first kappa shape index (κ1) is 29.4. The Balaban J connectivity index is 1.50. The van der Waals surface area contributed by atoms with Crippen molar-refractivity contribution in [3.05, 3.63) is 106 Å². The molecule has 0 bridgehead atoms. The number of benzene rings is 3. The number of hydrogen-bond acceptors (Lipinski definition) is 4. The summed E-state index contributed by atoms with van der Waals surface area (Å²) >= 11 is 6.81. The zero-order chi connectivity index (χ0) is 30.0. The largest absolute Gasteiger partial charge is 0.496 e. The zero-order valence-corrected chi connectivity index (χ0v) is 25.6. The number of para-hydroxylation sites is 1. The molecule has 1 aliphatic rings. The van der Waals surface area contributed by atoms with Gasteiger partial charge in [0, 0.05) is 35.6 Å². The van der Waals surface area contributed by atoms with Gasteiger partial charge in [-0.25, -0.2) is 0 Å². The number of nitrogens with zero attached hydrogens (tertiary/aromatic N) is 4. The number of halogens is 1. The first-order valence-corrected chi connectivity index (χ1v) is 14.5. The Hall–Kier alpha value is -4.07. The number of ether oxygens (including phenoxy) is 1. The normalized spacial score (nSPS) is 12.5. The highest BCUT2D eigenvalue weighted by Crippen LogP contribution is 2.38. The Kier molecular flexibility index (Phi) is 8.71. The Morgan fingerprint density at radius 3 is 2.38 bits per heavy atom. The number of aryl methyl sites for hydroxylation is 1. The van der Waals surface area contributed by atoms with Crippen molar-refractivity contribution >= 4 is 29.1 Å². The van der Waals surface area contributed by atoms with Crippen molar-refractivity contribution < 1.29 is 14.3 Å². The molecule has 5 rings (SSSR count). The Morgan fingerprint density at radius 1 is 0.905 bits per heavy atom. The highest BCUT2D eigenvalue weighted by Gasteiger charge is 2.30. The third kappa shape index (κ3) is 5.80. The molecular weight excluding hydrogens is 548 g/mol. The van der Waals surface area contributed by atoms with Gasteiger partial charge >= 0.3 is 0 Å². The van der Waals surface area contributed by atoms with E-state index in [0.717, 1.165) is 46.6 Å². The molecule has 0 N–H and O–H groups in total. The lowest BCUT2D eigenvalue weighted by Gasteiger charge is -2.24. The summed E-state index contributed by atoms with van der Waals surface area (Å²) in [5, 5.41) is 0.477. The summed E-state index contributed by atoms with van der Waals surface area (Å²) in [5.74, 6) is 0.202. The molecule has 0 unspecified atom stereocenters. The van der Waals surface area contributed by atoms with Gasteiger partial charge in [-0.15, -0.1) is 0 Å². The summed E-state index contributed by atoms with van der Waals surface area (Å²) in [7, 11) is 7.47. The van der Waals surface area contributed by atoms with Crippen molar-refractivity contribution in [2.24, 2.45) is 0 Å². The first-order chi connectivity index (χ1) is 20.2. The fraction of sp³-hybridized carbons (Fsp3) is 0.294. The van der Waals surface area contributed by atoms with E-state index in [9.17, 15) is 9.59 Å². The molecular formula is C34H37ClN4O3. The van der Waals surface area contributed by atoms with Crippen LogP contribution in [0.2, 0.25) is 5.02 Å². The van der Waals surface area contributed by atoms with Gasteiger partial charge in [-0.2, -0.15) is 0 Å². The lowest BCUT2D eigenvalue weighted by molar-refractivity contribution is 0.0780. The molecule has 0 spiro atoms. The number of fused-ring (bicyclic) bond motifs is 2. The quantitative estimate of drug-likeness (QED) is 0.242. The second-order valence-corrected chi connectivity index (χ2v) is 11.5. The van der Waals surface area contributed by atoms with Gasteiger partial charge in [0.05, 0.1) is 25.8 Å². The number of rotatable bonds is 8. The van der Waals surface area contributed by atoms with E-state index < -0.39 is 0 Å². The number of amides is 2. The number of carbonyl (C=O) groups excluding carboxylic acids is 2. The summed E-state index contributed by atoms with van der Waals surface area (Å²) in [6.45, 7) is 4.39. The van der Waals surface area contributed by atoms with Crippen molar-refractivity contribution in [2.45, 2.75) is 26.4 Å². The zero-order valence-electron chi connectivity index (χ0n) is 24.9. The molecule has 0 aliphatic carbocycles. The van der Waals surface area contributed by atoms with E-state index in [1.54, 1.807) is 23.0 Å². The number of methoxy groups -OCH3 is 1. The van der Waals surface area contributed by atoms with E-state index in [0.29, 0.717) is 41.7 Å². The maximum atomic E-state index is 14.3. The van der Waals surface area contributed by atoms with Crippen LogP contribution < -0.4 is 9.64 Å². The van der Waals surface area contributed by atoms with Crippen molar-refractivity contribution in [1.82, 2.24) is 14.4 Å². The predicted octanol–water partition coefficient (Wildman–Crippen LogP) is 6.36. The minimum Gasteiger partial charge on any atom is -0.496 e. The van der Waals surface area contributed by atoms with E-state index in [1.807, 2.05) is 99.4 Å². The van der Waals surface area contributed by atoms with Crippen molar-refractivity contribution in [3.8, 4) is 16.9 Å². The molecule has 0 saturated carbocycles. The van der Waals surface area contributed by atoms with Gasteiger partial charge in [0.2, 0.25) is 0 Å².